The van der Waals surface area contributed by atoms with Gasteiger partial charge in [0.2, 0.25) is 5.91 Å². The van der Waals surface area contributed by atoms with Gasteiger partial charge in [0.1, 0.15) is 12.3 Å². The minimum Gasteiger partial charge on any atom is -0.491 e. The molecule has 7 heteroatoms. The lowest BCUT2D eigenvalue weighted by atomic mass is 10.2. The first-order valence-electron chi connectivity index (χ1n) is 8.69. The molecule has 2 N–H and O–H groups in total. The number of rotatable bonds is 6. The highest BCUT2D eigenvalue weighted by Gasteiger charge is 2.11. The minimum absolute atomic E-state index is 0.0168. The van der Waals surface area contributed by atoms with Crippen LogP contribution in [-0.4, -0.2) is 21.8 Å². The number of H-pyrrole nitrogens is 1. The molecule has 0 aliphatic rings. The van der Waals surface area contributed by atoms with Gasteiger partial charge in [0.25, 0.3) is 11.1 Å². The lowest BCUT2D eigenvalue weighted by Crippen LogP contribution is -2.36. The smallest absolute Gasteiger partial charge is 0.273 e. The quantitative estimate of drug-likeness (QED) is 0.695. The molecule has 0 spiro atoms. The van der Waals surface area contributed by atoms with Crippen LogP contribution in [0.2, 0.25) is 0 Å². The molecular formula is C20H21N3O4. The molecule has 27 heavy (non-hydrogen) atoms. The van der Waals surface area contributed by atoms with E-state index >= 15 is 0 Å². The summed E-state index contributed by atoms with van der Waals surface area (Å²) in [6.07, 6.45) is 0.0168. The van der Waals surface area contributed by atoms with Gasteiger partial charge in [-0.2, -0.15) is 0 Å². The third-order valence-electron chi connectivity index (χ3n) is 4.00. The summed E-state index contributed by atoms with van der Waals surface area (Å²) < 4.78 is 6.75. The Hall–Kier alpha value is -3.35. The van der Waals surface area contributed by atoms with Crippen LogP contribution in [0.3, 0.4) is 0 Å². The van der Waals surface area contributed by atoms with Gasteiger partial charge in [0, 0.05) is 12.1 Å². The monoisotopic (exact) mass is 367 g/mol. The van der Waals surface area contributed by atoms with Gasteiger partial charge in [-0.1, -0.05) is 30.3 Å². The van der Waals surface area contributed by atoms with Gasteiger partial charge in [-0.25, -0.2) is 4.68 Å². The van der Waals surface area contributed by atoms with Gasteiger partial charge in [-0.15, -0.1) is 0 Å². The minimum atomic E-state index is -0.413. The summed E-state index contributed by atoms with van der Waals surface area (Å²) in [7, 11) is 0. The van der Waals surface area contributed by atoms with E-state index in [9.17, 15) is 14.4 Å². The predicted molar refractivity (Wildman–Crippen MR) is 103 cm³/mol. The molecule has 140 valence electrons. The van der Waals surface area contributed by atoms with Crippen molar-refractivity contribution >= 4 is 16.7 Å². The fraction of sp³-hybridized carbons (Fsp3) is 0.250. The summed E-state index contributed by atoms with van der Waals surface area (Å²) in [6.45, 7) is 3.84. The molecule has 1 amide bonds. The number of nitrogens with zero attached hydrogens (tertiary/aromatic N) is 1. The molecule has 0 aliphatic heterocycles. The van der Waals surface area contributed by atoms with Crippen molar-refractivity contribution in [3.05, 3.63) is 74.8 Å². The van der Waals surface area contributed by atoms with Gasteiger partial charge < -0.3 is 10.1 Å². The molecule has 0 radical (unpaired) electrons. The summed E-state index contributed by atoms with van der Waals surface area (Å²) >= 11 is 0. The third kappa shape index (κ3) is 4.25. The van der Waals surface area contributed by atoms with Crippen LogP contribution in [0.1, 0.15) is 19.4 Å². The highest BCUT2D eigenvalue weighted by molar-refractivity contribution is 5.81. The van der Waals surface area contributed by atoms with Crippen LogP contribution in [0.4, 0.5) is 0 Å². The Morgan fingerprint density at radius 2 is 1.74 bits per heavy atom. The second-order valence-corrected chi connectivity index (χ2v) is 6.43. The number of amides is 1. The molecule has 0 aliphatic carbocycles. The van der Waals surface area contributed by atoms with Gasteiger partial charge in [0.05, 0.1) is 16.9 Å². The van der Waals surface area contributed by atoms with E-state index in [0.29, 0.717) is 11.1 Å². The normalized spacial score (nSPS) is 10.9. The third-order valence-corrected chi connectivity index (χ3v) is 4.00. The summed E-state index contributed by atoms with van der Waals surface area (Å²) in [5, 5.41) is 5.79. The second kappa shape index (κ2) is 7.90. The van der Waals surface area contributed by atoms with Crippen molar-refractivity contribution in [2.45, 2.75) is 33.0 Å². The molecule has 3 rings (SSSR count). The molecule has 0 unspecified atom stereocenters. The van der Waals surface area contributed by atoms with Gasteiger partial charge in [-0.3, -0.25) is 19.5 Å². The van der Waals surface area contributed by atoms with Crippen LogP contribution >= 0.6 is 0 Å². The Labute approximate surface area is 155 Å². The van der Waals surface area contributed by atoms with Crippen LogP contribution in [0.5, 0.6) is 5.75 Å². The number of aromatic amines is 1. The van der Waals surface area contributed by atoms with Crippen molar-refractivity contribution in [2.24, 2.45) is 0 Å². The number of fused-ring (bicyclic) bond motifs is 1. The van der Waals surface area contributed by atoms with Crippen molar-refractivity contribution in [3.8, 4) is 5.75 Å². The highest BCUT2D eigenvalue weighted by Crippen LogP contribution is 2.19. The zero-order valence-corrected chi connectivity index (χ0v) is 15.2. The Morgan fingerprint density at radius 3 is 2.48 bits per heavy atom. The van der Waals surface area contributed by atoms with E-state index in [2.05, 4.69) is 10.4 Å². The van der Waals surface area contributed by atoms with Crippen LogP contribution in [0.25, 0.3) is 10.8 Å². The molecule has 1 heterocycles. The maximum Gasteiger partial charge on any atom is 0.273 e. The van der Waals surface area contributed by atoms with E-state index in [1.54, 1.807) is 24.3 Å². The standard InChI is InChI=1S/C20H21N3O4/c1-13(2)27-17-10-6-3-7-14(17)11-21-18(24)12-23-20(26)16-9-5-4-8-15(16)19(25)22-23/h3-10,13H,11-12H2,1-2H3,(H,21,24)(H,22,25). The molecule has 1 aromatic heterocycles. The van der Waals surface area contributed by atoms with Gasteiger partial charge in [0.15, 0.2) is 0 Å². The number of carbonyl (C=O) groups excluding carboxylic acids is 1. The van der Waals surface area contributed by atoms with Crippen LogP contribution in [0, 0.1) is 0 Å². The number of ether oxygens (including phenoxy) is 1. The van der Waals surface area contributed by atoms with Crippen molar-refractivity contribution in [3.63, 3.8) is 0 Å². The van der Waals surface area contributed by atoms with E-state index < -0.39 is 11.1 Å². The van der Waals surface area contributed by atoms with Crippen LogP contribution in [-0.2, 0) is 17.9 Å². The number of hydrogen-bond acceptors (Lipinski definition) is 4. The van der Waals surface area contributed by atoms with Crippen LogP contribution < -0.4 is 21.2 Å². The molecule has 0 atom stereocenters. The van der Waals surface area contributed by atoms with Crippen molar-refractivity contribution in [2.75, 3.05) is 0 Å². The molecule has 0 fully saturated rings. The zero-order chi connectivity index (χ0) is 19.4. The Kier molecular flexibility index (Phi) is 5.40. The lowest BCUT2D eigenvalue weighted by molar-refractivity contribution is -0.122. The highest BCUT2D eigenvalue weighted by atomic mass is 16.5. The molecule has 0 saturated carbocycles. The first-order valence-corrected chi connectivity index (χ1v) is 8.69. The molecular weight excluding hydrogens is 346 g/mol. The zero-order valence-electron chi connectivity index (χ0n) is 15.2. The number of carbonyl (C=O) groups is 1. The largest absolute Gasteiger partial charge is 0.491 e. The predicted octanol–water partition coefficient (Wildman–Crippen LogP) is 1.79. The van der Waals surface area contributed by atoms with Crippen molar-refractivity contribution in [1.82, 2.24) is 15.1 Å². The number of hydrogen-bond donors (Lipinski definition) is 2. The molecule has 0 bridgehead atoms. The second-order valence-electron chi connectivity index (χ2n) is 6.43. The molecule has 2 aromatic carbocycles. The van der Waals surface area contributed by atoms with E-state index in [1.165, 1.54) is 0 Å². The fourth-order valence-electron chi connectivity index (χ4n) is 2.77. The summed E-state index contributed by atoms with van der Waals surface area (Å²) in [4.78, 5) is 36.8. The maximum absolute atomic E-state index is 12.5. The SMILES string of the molecule is CC(C)Oc1ccccc1CNC(=O)Cn1[nH]c(=O)c2ccccc2c1=O. The van der Waals surface area contributed by atoms with E-state index in [0.717, 1.165) is 10.2 Å². The Morgan fingerprint density at radius 1 is 1.07 bits per heavy atom. The topological polar surface area (TPSA) is 93.2 Å². The summed E-state index contributed by atoms with van der Waals surface area (Å²) in [5.41, 5.74) is 0.0106. The Balaban J connectivity index is 1.74. The number of para-hydroxylation sites is 1. The van der Waals surface area contributed by atoms with Crippen LogP contribution in [0.15, 0.2) is 58.1 Å². The van der Waals surface area contributed by atoms with Crippen molar-refractivity contribution < 1.29 is 9.53 Å². The van der Waals surface area contributed by atoms with Gasteiger partial charge >= 0.3 is 0 Å². The maximum atomic E-state index is 12.5. The Bertz CT molecular complexity index is 1080. The fourth-order valence-corrected chi connectivity index (χ4v) is 2.77. The number of nitrogens with one attached hydrogen (secondary N) is 2. The first kappa shape index (κ1) is 18.4. The van der Waals surface area contributed by atoms with E-state index in [4.69, 9.17) is 4.74 Å². The number of aromatic nitrogens is 2. The lowest BCUT2D eigenvalue weighted by Gasteiger charge is -2.14. The summed E-state index contributed by atoms with van der Waals surface area (Å²) in [6, 6.07) is 13.9. The first-order chi connectivity index (χ1) is 13.0. The average Bonchev–Trinajstić information content (AvgIpc) is 2.65. The van der Waals surface area contributed by atoms with Gasteiger partial charge in [-0.05, 0) is 32.0 Å². The molecule has 0 saturated heterocycles. The molecule has 3 aromatic rings. The molecule has 7 nitrogen and oxygen atoms in total. The van der Waals surface area contributed by atoms with Crippen molar-refractivity contribution in [1.29, 1.82) is 0 Å². The average molecular weight is 367 g/mol. The summed E-state index contributed by atoms with van der Waals surface area (Å²) in [5.74, 6) is 0.312. The van der Waals surface area contributed by atoms with E-state index in [1.807, 2.05) is 38.1 Å². The number of benzene rings is 2. The van der Waals surface area contributed by atoms with E-state index in [-0.39, 0.29) is 30.5 Å².